The predicted molar refractivity (Wildman–Crippen MR) is 194 cm³/mol. The van der Waals surface area contributed by atoms with Crippen LogP contribution in [0.5, 0.6) is 0 Å². The van der Waals surface area contributed by atoms with Crippen molar-refractivity contribution in [1.82, 2.24) is 9.97 Å². The molecule has 0 saturated carbocycles. The van der Waals surface area contributed by atoms with Crippen molar-refractivity contribution in [2.24, 2.45) is 0 Å². The standard InChI is InChI=1S/C44H28N2O/c1-3-11-29(12-4-1)30-21-23-31(24-22-30)34-16-9-17-35(27-34)36-18-10-19-37(28-36)41-40-39-26-25-32-13-7-8-20-38(32)42(39)47-44(40)46-43(45-41)33-14-5-2-6-15-33/h1-28H. The van der Waals surface area contributed by atoms with Crippen LogP contribution in [0.25, 0.3) is 88.9 Å². The summed E-state index contributed by atoms with van der Waals surface area (Å²) in [6.45, 7) is 0. The van der Waals surface area contributed by atoms with E-state index >= 15 is 0 Å². The lowest BCUT2D eigenvalue weighted by molar-refractivity contribution is 0.657. The second-order valence-corrected chi connectivity index (χ2v) is 11.8. The monoisotopic (exact) mass is 600 g/mol. The number of benzene rings is 7. The number of nitrogens with zero attached hydrogens (tertiary/aromatic N) is 2. The van der Waals surface area contributed by atoms with Crippen LogP contribution in [-0.4, -0.2) is 9.97 Å². The molecule has 0 atom stereocenters. The fourth-order valence-corrected chi connectivity index (χ4v) is 6.54. The van der Waals surface area contributed by atoms with Crippen molar-refractivity contribution in [1.29, 1.82) is 0 Å². The minimum absolute atomic E-state index is 0.589. The van der Waals surface area contributed by atoms with Crippen LogP contribution in [0, 0.1) is 0 Å². The van der Waals surface area contributed by atoms with Crippen molar-refractivity contribution < 1.29 is 4.42 Å². The molecule has 220 valence electrons. The van der Waals surface area contributed by atoms with Crippen molar-refractivity contribution in [2.45, 2.75) is 0 Å². The Morgan fingerprint density at radius 2 is 0.894 bits per heavy atom. The van der Waals surface area contributed by atoms with Gasteiger partial charge in [0, 0.05) is 21.9 Å². The zero-order valence-corrected chi connectivity index (χ0v) is 25.5. The van der Waals surface area contributed by atoms with E-state index in [2.05, 4.69) is 127 Å². The van der Waals surface area contributed by atoms with Crippen LogP contribution >= 0.6 is 0 Å². The summed E-state index contributed by atoms with van der Waals surface area (Å²) >= 11 is 0. The molecular weight excluding hydrogens is 572 g/mol. The van der Waals surface area contributed by atoms with Crippen molar-refractivity contribution >= 4 is 32.8 Å². The summed E-state index contributed by atoms with van der Waals surface area (Å²) in [6, 6.07) is 59.4. The molecule has 0 fully saturated rings. The highest BCUT2D eigenvalue weighted by Crippen LogP contribution is 2.40. The third-order valence-electron chi connectivity index (χ3n) is 8.91. The first-order valence-corrected chi connectivity index (χ1v) is 15.8. The van der Waals surface area contributed by atoms with E-state index in [1.165, 1.54) is 22.3 Å². The SMILES string of the molecule is c1ccc(-c2ccc(-c3cccc(-c4cccc(-c5nc(-c6ccccc6)nc6oc7c8ccccc8ccc7c56)c4)c3)cc2)cc1. The molecule has 7 aromatic carbocycles. The molecule has 0 amide bonds. The third kappa shape index (κ3) is 4.86. The minimum atomic E-state index is 0.589. The molecule has 9 rings (SSSR count). The maximum Gasteiger partial charge on any atom is 0.231 e. The highest BCUT2D eigenvalue weighted by molar-refractivity contribution is 6.18. The van der Waals surface area contributed by atoms with Gasteiger partial charge in [0.1, 0.15) is 5.58 Å². The van der Waals surface area contributed by atoms with Gasteiger partial charge in [-0.25, -0.2) is 4.98 Å². The van der Waals surface area contributed by atoms with Gasteiger partial charge in [0.25, 0.3) is 0 Å². The Morgan fingerprint density at radius 1 is 0.362 bits per heavy atom. The molecular formula is C44H28N2O. The van der Waals surface area contributed by atoms with E-state index in [0.29, 0.717) is 11.5 Å². The molecule has 0 bridgehead atoms. The fraction of sp³-hybridized carbons (Fsp3) is 0. The summed E-state index contributed by atoms with van der Waals surface area (Å²) in [5.74, 6) is 0.641. The van der Waals surface area contributed by atoms with Gasteiger partial charge in [0.2, 0.25) is 5.71 Å². The van der Waals surface area contributed by atoms with E-state index in [1.807, 2.05) is 42.5 Å². The normalized spacial score (nSPS) is 11.4. The molecule has 0 saturated heterocycles. The summed E-state index contributed by atoms with van der Waals surface area (Å²) in [5.41, 5.74) is 11.3. The van der Waals surface area contributed by atoms with Gasteiger partial charge in [-0.05, 0) is 57.0 Å². The number of furan rings is 1. The maximum absolute atomic E-state index is 6.56. The minimum Gasteiger partial charge on any atom is -0.437 e. The summed E-state index contributed by atoms with van der Waals surface area (Å²) in [6.07, 6.45) is 0. The summed E-state index contributed by atoms with van der Waals surface area (Å²) in [7, 11) is 0. The van der Waals surface area contributed by atoms with Crippen LogP contribution in [0.15, 0.2) is 174 Å². The van der Waals surface area contributed by atoms with E-state index in [0.717, 1.165) is 55.1 Å². The van der Waals surface area contributed by atoms with Crippen molar-refractivity contribution in [3.8, 4) is 56.0 Å². The Kier molecular flexibility index (Phi) is 6.46. The van der Waals surface area contributed by atoms with E-state index in [-0.39, 0.29) is 0 Å². The number of hydrogen-bond acceptors (Lipinski definition) is 3. The quantitative estimate of drug-likeness (QED) is 0.197. The molecule has 47 heavy (non-hydrogen) atoms. The number of rotatable bonds is 5. The molecule has 2 heterocycles. The van der Waals surface area contributed by atoms with Gasteiger partial charge in [-0.15, -0.1) is 0 Å². The van der Waals surface area contributed by atoms with E-state index in [9.17, 15) is 0 Å². The van der Waals surface area contributed by atoms with Gasteiger partial charge in [0.15, 0.2) is 5.82 Å². The average Bonchev–Trinajstić information content (AvgIpc) is 3.55. The summed E-state index contributed by atoms with van der Waals surface area (Å²) in [4.78, 5) is 10.2. The average molecular weight is 601 g/mol. The molecule has 0 spiro atoms. The lowest BCUT2D eigenvalue weighted by atomic mass is 9.95. The Morgan fingerprint density at radius 3 is 1.62 bits per heavy atom. The highest BCUT2D eigenvalue weighted by Gasteiger charge is 2.20. The van der Waals surface area contributed by atoms with Crippen LogP contribution in [0.3, 0.4) is 0 Å². The lowest BCUT2D eigenvalue weighted by Crippen LogP contribution is -1.94. The van der Waals surface area contributed by atoms with Crippen LogP contribution < -0.4 is 0 Å². The van der Waals surface area contributed by atoms with Crippen molar-refractivity contribution in [3.63, 3.8) is 0 Å². The fourth-order valence-electron chi connectivity index (χ4n) is 6.54. The van der Waals surface area contributed by atoms with E-state index in [1.54, 1.807) is 0 Å². The van der Waals surface area contributed by atoms with Gasteiger partial charge in [0.05, 0.1) is 11.1 Å². The maximum atomic E-state index is 6.56. The van der Waals surface area contributed by atoms with Gasteiger partial charge in [-0.3, -0.25) is 0 Å². The zero-order valence-electron chi connectivity index (χ0n) is 25.5. The molecule has 3 nitrogen and oxygen atoms in total. The topological polar surface area (TPSA) is 38.9 Å². The van der Waals surface area contributed by atoms with Crippen molar-refractivity contribution in [2.75, 3.05) is 0 Å². The largest absolute Gasteiger partial charge is 0.437 e. The first-order valence-electron chi connectivity index (χ1n) is 15.8. The smallest absolute Gasteiger partial charge is 0.231 e. The Hall–Kier alpha value is -6.32. The first kappa shape index (κ1) is 27.0. The first-order chi connectivity index (χ1) is 23.3. The molecule has 0 N–H and O–H groups in total. The van der Waals surface area contributed by atoms with E-state index in [4.69, 9.17) is 14.4 Å². The molecule has 0 unspecified atom stereocenters. The summed E-state index contributed by atoms with van der Waals surface area (Å²) < 4.78 is 6.56. The highest BCUT2D eigenvalue weighted by atomic mass is 16.3. The number of aromatic nitrogens is 2. The Bertz CT molecular complexity index is 2550. The Labute approximate surface area is 272 Å². The molecule has 0 aliphatic carbocycles. The van der Waals surface area contributed by atoms with Crippen molar-refractivity contribution in [3.05, 3.63) is 170 Å². The van der Waals surface area contributed by atoms with E-state index < -0.39 is 0 Å². The Balaban J connectivity index is 1.17. The van der Waals surface area contributed by atoms with Gasteiger partial charge in [-0.1, -0.05) is 152 Å². The predicted octanol–water partition coefficient (Wildman–Crippen LogP) is 11.9. The van der Waals surface area contributed by atoms with Crippen LogP contribution in [0.4, 0.5) is 0 Å². The lowest BCUT2D eigenvalue weighted by Gasteiger charge is -2.10. The van der Waals surface area contributed by atoms with Gasteiger partial charge in [-0.2, -0.15) is 4.98 Å². The van der Waals surface area contributed by atoms with Crippen LogP contribution in [0.1, 0.15) is 0 Å². The van der Waals surface area contributed by atoms with Gasteiger partial charge >= 0.3 is 0 Å². The van der Waals surface area contributed by atoms with Crippen LogP contribution in [-0.2, 0) is 0 Å². The number of fused-ring (bicyclic) bond motifs is 5. The molecule has 0 radical (unpaired) electrons. The molecule has 0 aliphatic rings. The molecule has 0 aliphatic heterocycles. The number of hydrogen-bond donors (Lipinski definition) is 0. The molecule has 9 aromatic rings. The second-order valence-electron chi connectivity index (χ2n) is 11.8. The second kappa shape index (κ2) is 11.2. The molecule has 3 heteroatoms. The van der Waals surface area contributed by atoms with Crippen LogP contribution in [0.2, 0.25) is 0 Å². The molecule has 2 aromatic heterocycles. The third-order valence-corrected chi connectivity index (χ3v) is 8.91. The summed E-state index contributed by atoms with van der Waals surface area (Å²) in [5, 5.41) is 4.14. The van der Waals surface area contributed by atoms with Gasteiger partial charge < -0.3 is 4.42 Å². The zero-order chi connectivity index (χ0) is 31.2.